The molecule has 3 nitrogen and oxygen atoms in total. The molecule has 0 saturated carbocycles. The number of hydrogen-bond donors (Lipinski definition) is 2. The van der Waals surface area contributed by atoms with Crippen LogP contribution in [0.4, 0.5) is 0 Å². The van der Waals surface area contributed by atoms with Crippen LogP contribution in [0.3, 0.4) is 0 Å². The average Bonchev–Trinajstić information content (AvgIpc) is 1.78. The van der Waals surface area contributed by atoms with Gasteiger partial charge < -0.3 is 5.73 Å². The molecule has 0 atom stereocenters. The molecule has 9 heavy (non-hydrogen) atoms. The summed E-state index contributed by atoms with van der Waals surface area (Å²) >= 11 is 0. The van der Waals surface area contributed by atoms with Gasteiger partial charge in [0.25, 0.3) is 0 Å². The molecule has 0 bridgehead atoms. The van der Waals surface area contributed by atoms with Crippen molar-refractivity contribution in [3.8, 4) is 0 Å². The third-order valence-corrected chi connectivity index (χ3v) is 1.96. The second-order valence-electron chi connectivity index (χ2n) is 3.12. The minimum absolute atomic E-state index is 0.160. The predicted molar refractivity (Wildman–Crippen MR) is 34.9 cm³/mol. The zero-order chi connectivity index (χ0) is 6.91. The van der Waals surface area contributed by atoms with Gasteiger partial charge in [0, 0.05) is 18.9 Å². The van der Waals surface area contributed by atoms with Crippen LogP contribution in [0.5, 0.6) is 0 Å². The number of rotatable bonds is 0. The first-order valence-electron chi connectivity index (χ1n) is 3.43. The summed E-state index contributed by atoms with van der Waals surface area (Å²) in [5.41, 5.74) is 5.63. The van der Waals surface area contributed by atoms with Gasteiger partial charge in [-0.15, -0.1) is 0 Å². The molecular weight excluding hydrogens is 116 g/mol. The normalized spacial score (nSPS) is 45.0. The number of nitrogens with zero attached hydrogens (tertiary/aromatic N) is 1. The first-order chi connectivity index (χ1) is 4.10. The van der Waals surface area contributed by atoms with Gasteiger partial charge in [0.15, 0.2) is 0 Å². The number of quaternary nitrogens is 1. The van der Waals surface area contributed by atoms with Gasteiger partial charge in [-0.2, -0.15) is 4.65 Å². The van der Waals surface area contributed by atoms with Gasteiger partial charge in [0.1, 0.15) is 13.1 Å². The first-order valence-corrected chi connectivity index (χ1v) is 3.43. The molecule has 54 valence electrons. The van der Waals surface area contributed by atoms with Crippen molar-refractivity contribution in [1.82, 2.24) is 0 Å². The molecule has 0 aromatic carbocycles. The summed E-state index contributed by atoms with van der Waals surface area (Å²) in [7, 11) is 1.83. The monoisotopic (exact) mass is 131 g/mol. The van der Waals surface area contributed by atoms with Gasteiger partial charge in [0.2, 0.25) is 0 Å². The molecule has 1 fully saturated rings. The van der Waals surface area contributed by atoms with E-state index < -0.39 is 0 Å². The summed E-state index contributed by atoms with van der Waals surface area (Å²) in [6.45, 7) is 1.61. The summed E-state index contributed by atoms with van der Waals surface area (Å²) in [4.78, 5) is 0. The second-order valence-corrected chi connectivity index (χ2v) is 3.12. The Morgan fingerprint density at radius 2 is 1.89 bits per heavy atom. The quantitative estimate of drug-likeness (QED) is 0.452. The van der Waals surface area contributed by atoms with E-state index in [1.165, 1.54) is 0 Å². The van der Waals surface area contributed by atoms with E-state index >= 15 is 0 Å². The Hall–Kier alpha value is -0.120. The molecule has 1 heterocycles. The molecule has 1 saturated heterocycles. The molecule has 0 radical (unpaired) electrons. The zero-order valence-electron chi connectivity index (χ0n) is 5.88. The lowest BCUT2D eigenvalue weighted by Crippen LogP contribution is -2.49. The molecular formula is C6H15N2O+. The molecule has 0 aliphatic carbocycles. The summed E-state index contributed by atoms with van der Waals surface area (Å²) in [5, 5.41) is 9.37. The lowest BCUT2D eigenvalue weighted by molar-refractivity contribution is -1.09. The fraction of sp³-hybridized carbons (Fsp3) is 1.00. The van der Waals surface area contributed by atoms with Crippen molar-refractivity contribution in [1.29, 1.82) is 0 Å². The van der Waals surface area contributed by atoms with Crippen LogP contribution in [0.1, 0.15) is 12.8 Å². The Balaban J connectivity index is 2.35. The first kappa shape index (κ1) is 6.99. The molecule has 1 aliphatic rings. The highest BCUT2D eigenvalue weighted by atomic mass is 16.5. The minimum atomic E-state index is 0.160. The van der Waals surface area contributed by atoms with Gasteiger partial charge in [-0.3, -0.25) is 0 Å². The molecule has 0 spiro atoms. The van der Waals surface area contributed by atoms with Crippen LogP contribution in [0, 0.1) is 0 Å². The maximum Gasteiger partial charge on any atom is 0.110 e. The Bertz CT molecular complexity index is 93.2. The molecule has 0 aromatic heterocycles. The topological polar surface area (TPSA) is 46.2 Å². The lowest BCUT2D eigenvalue weighted by Gasteiger charge is -2.31. The third kappa shape index (κ3) is 1.93. The van der Waals surface area contributed by atoms with E-state index in [1.807, 2.05) is 7.05 Å². The second kappa shape index (κ2) is 2.25. The third-order valence-electron chi connectivity index (χ3n) is 1.96. The SMILES string of the molecule is C[N+]1(O)CCC(N)CC1. The van der Waals surface area contributed by atoms with Crippen LogP contribution in [0.25, 0.3) is 0 Å². The van der Waals surface area contributed by atoms with Crippen LogP contribution in [0.15, 0.2) is 0 Å². The van der Waals surface area contributed by atoms with E-state index in [0.29, 0.717) is 6.04 Å². The zero-order valence-corrected chi connectivity index (χ0v) is 5.88. The van der Waals surface area contributed by atoms with Crippen molar-refractivity contribution in [2.45, 2.75) is 18.9 Å². The van der Waals surface area contributed by atoms with Gasteiger partial charge >= 0.3 is 0 Å². The molecule has 3 heteroatoms. The fourth-order valence-corrected chi connectivity index (χ4v) is 1.14. The van der Waals surface area contributed by atoms with E-state index in [4.69, 9.17) is 5.73 Å². The van der Waals surface area contributed by atoms with Gasteiger partial charge in [-0.25, -0.2) is 5.21 Å². The van der Waals surface area contributed by atoms with Crippen LogP contribution >= 0.6 is 0 Å². The Labute approximate surface area is 55.6 Å². The standard InChI is InChI=1S/C6H15N2O/c1-8(9)4-2-6(7)3-5-8/h6,9H,2-5,7H2,1H3/q+1. The van der Waals surface area contributed by atoms with E-state index in [0.717, 1.165) is 25.9 Å². The maximum absolute atomic E-state index is 9.37. The van der Waals surface area contributed by atoms with Crippen molar-refractivity contribution in [2.24, 2.45) is 5.73 Å². The van der Waals surface area contributed by atoms with Crippen LogP contribution in [0.2, 0.25) is 0 Å². The van der Waals surface area contributed by atoms with Gasteiger partial charge in [-0.1, -0.05) is 0 Å². The van der Waals surface area contributed by atoms with Crippen molar-refractivity contribution >= 4 is 0 Å². The number of likely N-dealkylation sites (tertiary alicyclic amines) is 1. The number of hydrogen-bond acceptors (Lipinski definition) is 2. The van der Waals surface area contributed by atoms with E-state index in [2.05, 4.69) is 0 Å². The molecule has 0 aromatic rings. The van der Waals surface area contributed by atoms with E-state index in [9.17, 15) is 5.21 Å². The largest absolute Gasteiger partial charge is 0.327 e. The summed E-state index contributed by atoms with van der Waals surface area (Å²) in [6, 6.07) is 0.323. The Morgan fingerprint density at radius 3 is 2.22 bits per heavy atom. The van der Waals surface area contributed by atoms with Crippen molar-refractivity contribution in [3.63, 3.8) is 0 Å². The molecule has 0 unspecified atom stereocenters. The predicted octanol–water partition coefficient (Wildman–Crippen LogP) is -0.0567. The lowest BCUT2D eigenvalue weighted by atomic mass is 10.1. The summed E-state index contributed by atoms with van der Waals surface area (Å²) in [5.74, 6) is 0. The highest BCUT2D eigenvalue weighted by molar-refractivity contribution is 4.63. The van der Waals surface area contributed by atoms with E-state index in [-0.39, 0.29) is 4.65 Å². The van der Waals surface area contributed by atoms with E-state index in [1.54, 1.807) is 0 Å². The number of piperidine rings is 1. The molecule has 1 rings (SSSR count). The fourth-order valence-electron chi connectivity index (χ4n) is 1.14. The van der Waals surface area contributed by atoms with Crippen LogP contribution < -0.4 is 5.73 Å². The maximum atomic E-state index is 9.37. The Kier molecular flexibility index (Phi) is 1.75. The van der Waals surface area contributed by atoms with Crippen molar-refractivity contribution < 1.29 is 9.85 Å². The number of hydroxylamine groups is 3. The Morgan fingerprint density at radius 1 is 1.44 bits per heavy atom. The summed E-state index contributed by atoms with van der Waals surface area (Å²) < 4.78 is 0.160. The van der Waals surface area contributed by atoms with Gasteiger partial charge in [0.05, 0.1) is 7.05 Å². The van der Waals surface area contributed by atoms with Crippen molar-refractivity contribution in [3.05, 3.63) is 0 Å². The van der Waals surface area contributed by atoms with Crippen LogP contribution in [-0.4, -0.2) is 36.0 Å². The van der Waals surface area contributed by atoms with Crippen LogP contribution in [-0.2, 0) is 0 Å². The average molecular weight is 131 g/mol. The summed E-state index contributed by atoms with van der Waals surface area (Å²) in [6.07, 6.45) is 1.90. The molecule has 1 aliphatic heterocycles. The van der Waals surface area contributed by atoms with Crippen molar-refractivity contribution in [2.75, 3.05) is 20.1 Å². The smallest absolute Gasteiger partial charge is 0.110 e. The molecule has 0 amide bonds. The number of nitrogens with two attached hydrogens (primary N) is 1. The minimum Gasteiger partial charge on any atom is -0.327 e. The van der Waals surface area contributed by atoms with Gasteiger partial charge in [-0.05, 0) is 0 Å². The highest BCUT2D eigenvalue weighted by Crippen LogP contribution is 2.11. The molecule has 3 N–H and O–H groups in total. The highest BCUT2D eigenvalue weighted by Gasteiger charge is 2.26.